The minimum Gasteiger partial charge on any atom is -0.383 e. The third kappa shape index (κ3) is 3.53. The molecule has 0 unspecified atom stereocenters. The minimum atomic E-state index is 0.444. The van der Waals surface area contributed by atoms with Gasteiger partial charge in [-0.15, -0.1) is 0 Å². The Labute approximate surface area is 131 Å². The lowest BCUT2D eigenvalue weighted by molar-refractivity contribution is 0.900. The van der Waals surface area contributed by atoms with Crippen LogP contribution in [-0.4, -0.2) is 11.0 Å². The van der Waals surface area contributed by atoms with E-state index in [0.29, 0.717) is 6.04 Å². The summed E-state index contributed by atoms with van der Waals surface area (Å²) in [6, 6.07) is 17.5. The fourth-order valence-electron chi connectivity index (χ4n) is 2.46. The smallest absolute Gasteiger partial charge is 0.0348 e. The van der Waals surface area contributed by atoms with Gasteiger partial charge in [-0.25, -0.2) is 0 Å². The molecule has 0 saturated carbocycles. The van der Waals surface area contributed by atoms with Crippen molar-refractivity contribution >= 4 is 28.6 Å². The van der Waals surface area contributed by atoms with Crippen LogP contribution in [0.1, 0.15) is 25.0 Å². The van der Waals surface area contributed by atoms with Gasteiger partial charge in [0, 0.05) is 24.1 Å². The maximum Gasteiger partial charge on any atom is 0.0348 e. The predicted molar refractivity (Wildman–Crippen MR) is 95.9 cm³/mol. The Morgan fingerprint density at radius 3 is 2.27 bits per heavy atom. The van der Waals surface area contributed by atoms with Crippen molar-refractivity contribution in [3.05, 3.63) is 72.1 Å². The van der Waals surface area contributed by atoms with E-state index in [4.69, 9.17) is 0 Å². The second-order valence-corrected chi connectivity index (χ2v) is 5.73. The number of hydrogen-bond acceptors (Lipinski definition) is 2. The van der Waals surface area contributed by atoms with Gasteiger partial charge in [0.1, 0.15) is 0 Å². The molecule has 3 rings (SSSR count). The molecule has 0 spiro atoms. The third-order valence-electron chi connectivity index (χ3n) is 3.49. The van der Waals surface area contributed by atoms with Crippen molar-refractivity contribution in [3.8, 4) is 0 Å². The number of nitrogens with one attached hydrogen (secondary N) is 1. The molecule has 0 atom stereocenters. The first-order valence-electron chi connectivity index (χ1n) is 7.59. The molecule has 3 aromatic rings. The van der Waals surface area contributed by atoms with Crippen LogP contribution in [0.2, 0.25) is 0 Å². The van der Waals surface area contributed by atoms with Crippen LogP contribution >= 0.6 is 0 Å². The molecule has 0 aliphatic carbocycles. The number of fused-ring (bicyclic) bond motifs is 1. The minimum absolute atomic E-state index is 0.444. The molecule has 0 aliphatic rings. The van der Waals surface area contributed by atoms with E-state index in [-0.39, 0.29) is 0 Å². The second-order valence-electron chi connectivity index (χ2n) is 5.73. The van der Waals surface area contributed by atoms with E-state index in [0.717, 1.165) is 5.56 Å². The van der Waals surface area contributed by atoms with Crippen molar-refractivity contribution in [2.24, 2.45) is 0 Å². The first-order valence-corrected chi connectivity index (χ1v) is 7.59. The standard InChI is InChI=1S/C20H20N2/c1-15(2)22-20-8-7-18-13-17(5-6-19(18)14-20)4-3-16-9-11-21-12-10-16/h3-15,22H,1-2H3/b4-3+. The van der Waals surface area contributed by atoms with Gasteiger partial charge in [0.25, 0.3) is 0 Å². The number of nitrogens with zero attached hydrogens (tertiary/aromatic N) is 1. The Hall–Kier alpha value is -2.61. The highest BCUT2D eigenvalue weighted by atomic mass is 14.9. The third-order valence-corrected chi connectivity index (χ3v) is 3.49. The summed E-state index contributed by atoms with van der Waals surface area (Å²) < 4.78 is 0. The molecule has 0 radical (unpaired) electrons. The number of anilines is 1. The van der Waals surface area contributed by atoms with Crippen molar-refractivity contribution in [3.63, 3.8) is 0 Å². The first-order chi connectivity index (χ1) is 10.7. The summed E-state index contributed by atoms with van der Waals surface area (Å²) in [6.45, 7) is 4.30. The lowest BCUT2D eigenvalue weighted by Gasteiger charge is -2.10. The second kappa shape index (κ2) is 6.44. The molecule has 2 heteroatoms. The maximum atomic E-state index is 4.03. The van der Waals surface area contributed by atoms with E-state index in [1.165, 1.54) is 22.0 Å². The number of pyridine rings is 1. The topological polar surface area (TPSA) is 24.9 Å². The van der Waals surface area contributed by atoms with Gasteiger partial charge in [-0.1, -0.05) is 30.4 Å². The Bertz CT molecular complexity index is 789. The van der Waals surface area contributed by atoms with E-state index in [1.54, 1.807) is 0 Å². The normalized spacial score (nSPS) is 11.4. The quantitative estimate of drug-likeness (QED) is 0.711. The van der Waals surface area contributed by atoms with Crippen LogP contribution in [0.25, 0.3) is 22.9 Å². The van der Waals surface area contributed by atoms with Gasteiger partial charge in [0.05, 0.1) is 0 Å². The van der Waals surface area contributed by atoms with Crippen LogP contribution in [-0.2, 0) is 0 Å². The maximum absolute atomic E-state index is 4.03. The fourth-order valence-corrected chi connectivity index (χ4v) is 2.46. The van der Waals surface area contributed by atoms with Gasteiger partial charge in [-0.3, -0.25) is 4.98 Å². The summed E-state index contributed by atoms with van der Waals surface area (Å²) >= 11 is 0. The largest absolute Gasteiger partial charge is 0.383 e. The van der Waals surface area contributed by atoms with E-state index >= 15 is 0 Å². The average Bonchev–Trinajstić information content (AvgIpc) is 2.53. The van der Waals surface area contributed by atoms with Gasteiger partial charge in [-0.2, -0.15) is 0 Å². The molecule has 0 amide bonds. The van der Waals surface area contributed by atoms with Crippen LogP contribution in [0, 0.1) is 0 Å². The van der Waals surface area contributed by atoms with E-state index in [1.807, 2.05) is 24.5 Å². The zero-order chi connectivity index (χ0) is 15.4. The zero-order valence-corrected chi connectivity index (χ0v) is 13.0. The lowest BCUT2D eigenvalue weighted by Crippen LogP contribution is -2.09. The molecule has 2 aromatic carbocycles. The lowest BCUT2D eigenvalue weighted by atomic mass is 10.1. The van der Waals surface area contributed by atoms with Crippen LogP contribution < -0.4 is 5.32 Å². The van der Waals surface area contributed by atoms with Crippen molar-refractivity contribution in [1.82, 2.24) is 4.98 Å². The van der Waals surface area contributed by atoms with E-state index < -0.39 is 0 Å². The highest BCUT2D eigenvalue weighted by Crippen LogP contribution is 2.22. The summed E-state index contributed by atoms with van der Waals surface area (Å²) in [5.74, 6) is 0. The van der Waals surface area contributed by atoms with Crippen molar-refractivity contribution in [2.75, 3.05) is 5.32 Å². The van der Waals surface area contributed by atoms with Gasteiger partial charge < -0.3 is 5.32 Å². The van der Waals surface area contributed by atoms with Crippen molar-refractivity contribution in [1.29, 1.82) is 0 Å². The molecule has 110 valence electrons. The fraction of sp³-hybridized carbons (Fsp3) is 0.150. The van der Waals surface area contributed by atoms with E-state index in [2.05, 4.69) is 72.7 Å². The summed E-state index contributed by atoms with van der Waals surface area (Å²) in [6.07, 6.45) is 7.86. The monoisotopic (exact) mass is 288 g/mol. The molecule has 0 aliphatic heterocycles. The molecule has 0 saturated heterocycles. The number of benzene rings is 2. The molecule has 0 bridgehead atoms. The van der Waals surface area contributed by atoms with Crippen LogP contribution in [0.3, 0.4) is 0 Å². The number of aromatic nitrogens is 1. The molecule has 1 heterocycles. The van der Waals surface area contributed by atoms with Crippen LogP contribution in [0.4, 0.5) is 5.69 Å². The van der Waals surface area contributed by atoms with Gasteiger partial charge in [0.15, 0.2) is 0 Å². The average molecular weight is 288 g/mol. The Balaban J connectivity index is 1.85. The summed E-state index contributed by atoms with van der Waals surface area (Å²) in [4.78, 5) is 4.03. The summed E-state index contributed by atoms with van der Waals surface area (Å²) in [7, 11) is 0. The molecule has 1 N–H and O–H groups in total. The molecule has 1 aromatic heterocycles. The summed E-state index contributed by atoms with van der Waals surface area (Å²) in [5.41, 5.74) is 3.53. The van der Waals surface area contributed by atoms with Gasteiger partial charge in [0.2, 0.25) is 0 Å². The molecular weight excluding hydrogens is 268 g/mol. The zero-order valence-electron chi connectivity index (χ0n) is 13.0. The van der Waals surface area contributed by atoms with Gasteiger partial charge >= 0.3 is 0 Å². The SMILES string of the molecule is CC(C)Nc1ccc2cc(/C=C/c3ccncc3)ccc2c1. The molecule has 22 heavy (non-hydrogen) atoms. The Kier molecular flexibility index (Phi) is 4.19. The molecule has 2 nitrogen and oxygen atoms in total. The van der Waals surface area contributed by atoms with Crippen molar-refractivity contribution in [2.45, 2.75) is 19.9 Å². The van der Waals surface area contributed by atoms with E-state index in [9.17, 15) is 0 Å². The highest BCUT2D eigenvalue weighted by Gasteiger charge is 1.99. The number of rotatable bonds is 4. The van der Waals surface area contributed by atoms with Crippen molar-refractivity contribution < 1.29 is 0 Å². The van der Waals surface area contributed by atoms with Gasteiger partial charge in [-0.05, 0) is 66.1 Å². The first kappa shape index (κ1) is 14.3. The molecular formula is C20H20N2. The Morgan fingerprint density at radius 1 is 0.818 bits per heavy atom. The van der Waals surface area contributed by atoms with Crippen LogP contribution in [0.15, 0.2) is 60.9 Å². The molecule has 0 fully saturated rings. The predicted octanol–water partition coefficient (Wildman–Crippen LogP) is 5.23. The van der Waals surface area contributed by atoms with Crippen LogP contribution in [0.5, 0.6) is 0 Å². The summed E-state index contributed by atoms with van der Waals surface area (Å²) in [5, 5.41) is 5.95. The highest BCUT2D eigenvalue weighted by molar-refractivity contribution is 5.88. The number of hydrogen-bond donors (Lipinski definition) is 1. The Morgan fingerprint density at radius 2 is 1.50 bits per heavy atom.